The second-order valence-corrected chi connectivity index (χ2v) is 3.06. The summed E-state index contributed by atoms with van der Waals surface area (Å²) in [7, 11) is 0. The largest absolute Gasteiger partial charge is 0.293 e. The van der Waals surface area contributed by atoms with Crippen molar-refractivity contribution in [2.45, 2.75) is 5.92 Å². The predicted molar refractivity (Wildman–Crippen MR) is 48.3 cm³/mol. The molecule has 0 saturated heterocycles. The lowest BCUT2D eigenvalue weighted by Gasteiger charge is -2.13. The van der Waals surface area contributed by atoms with E-state index in [0.717, 1.165) is 12.1 Å². The third-order valence-electron chi connectivity index (χ3n) is 1.59. The summed E-state index contributed by atoms with van der Waals surface area (Å²) >= 11 is 5.54. The molecule has 0 bridgehead atoms. The van der Waals surface area contributed by atoms with E-state index in [4.69, 9.17) is 11.6 Å². The van der Waals surface area contributed by atoms with Crippen molar-refractivity contribution < 1.29 is 13.6 Å². The molecule has 0 fully saturated rings. The van der Waals surface area contributed by atoms with E-state index in [1.165, 1.54) is 18.2 Å². The SMILES string of the molecule is O=C=NCC(F)(F)c1cccc(Cl)c1. The molecule has 0 radical (unpaired) electrons. The zero-order valence-electron chi connectivity index (χ0n) is 7.01. The highest BCUT2D eigenvalue weighted by Gasteiger charge is 2.31. The topological polar surface area (TPSA) is 29.4 Å². The lowest BCUT2D eigenvalue weighted by molar-refractivity contribution is 0.00655. The van der Waals surface area contributed by atoms with Gasteiger partial charge < -0.3 is 0 Å². The number of benzene rings is 1. The van der Waals surface area contributed by atoms with Crippen LogP contribution in [0.25, 0.3) is 0 Å². The first-order chi connectivity index (χ1) is 6.56. The lowest BCUT2D eigenvalue weighted by atomic mass is 10.1. The maximum Gasteiger partial charge on any atom is 0.293 e. The minimum atomic E-state index is -3.18. The van der Waals surface area contributed by atoms with Crippen molar-refractivity contribution in [1.82, 2.24) is 0 Å². The number of aliphatic imine (C=N–C) groups is 1. The Bertz CT molecular complexity index is 375. The van der Waals surface area contributed by atoms with Crippen molar-refractivity contribution >= 4 is 17.7 Å². The zero-order chi connectivity index (χ0) is 10.6. The van der Waals surface area contributed by atoms with E-state index in [-0.39, 0.29) is 10.6 Å². The van der Waals surface area contributed by atoms with Crippen LogP contribution in [-0.4, -0.2) is 12.6 Å². The van der Waals surface area contributed by atoms with Gasteiger partial charge in [0.1, 0.15) is 6.54 Å². The number of nitrogens with zero attached hydrogens (tertiary/aromatic N) is 1. The van der Waals surface area contributed by atoms with E-state index >= 15 is 0 Å². The van der Waals surface area contributed by atoms with Crippen LogP contribution in [0.3, 0.4) is 0 Å². The Morgan fingerprint density at radius 3 is 2.79 bits per heavy atom. The summed E-state index contributed by atoms with van der Waals surface area (Å²) < 4.78 is 26.4. The van der Waals surface area contributed by atoms with Gasteiger partial charge in [-0.2, -0.15) is 13.8 Å². The van der Waals surface area contributed by atoms with E-state index in [2.05, 4.69) is 4.99 Å². The molecule has 0 amide bonds. The molecule has 0 atom stereocenters. The van der Waals surface area contributed by atoms with E-state index < -0.39 is 12.5 Å². The van der Waals surface area contributed by atoms with Crippen molar-refractivity contribution in [1.29, 1.82) is 0 Å². The van der Waals surface area contributed by atoms with Gasteiger partial charge in [-0.3, -0.25) is 0 Å². The van der Waals surface area contributed by atoms with E-state index in [1.807, 2.05) is 0 Å². The molecule has 0 aliphatic heterocycles. The van der Waals surface area contributed by atoms with Crippen LogP contribution < -0.4 is 0 Å². The molecule has 0 N–H and O–H groups in total. The molecule has 0 spiro atoms. The Morgan fingerprint density at radius 1 is 1.50 bits per heavy atom. The second-order valence-electron chi connectivity index (χ2n) is 2.62. The third kappa shape index (κ3) is 2.62. The second kappa shape index (κ2) is 4.31. The molecule has 5 heteroatoms. The van der Waals surface area contributed by atoms with Crippen LogP contribution in [0.4, 0.5) is 8.78 Å². The van der Waals surface area contributed by atoms with Gasteiger partial charge in [0, 0.05) is 10.6 Å². The quantitative estimate of drug-likeness (QED) is 0.566. The smallest absolute Gasteiger partial charge is 0.211 e. The molecule has 0 heterocycles. The monoisotopic (exact) mass is 217 g/mol. The Balaban J connectivity index is 2.96. The molecule has 74 valence electrons. The average Bonchev–Trinajstić information content (AvgIpc) is 2.15. The summed E-state index contributed by atoms with van der Waals surface area (Å²) in [6.07, 6.45) is 1.07. The Morgan fingerprint density at radius 2 is 2.21 bits per heavy atom. The van der Waals surface area contributed by atoms with Crippen molar-refractivity contribution in [3.63, 3.8) is 0 Å². The highest BCUT2D eigenvalue weighted by Crippen LogP contribution is 2.29. The average molecular weight is 218 g/mol. The van der Waals surface area contributed by atoms with Crippen molar-refractivity contribution in [3.05, 3.63) is 34.9 Å². The predicted octanol–water partition coefficient (Wildman–Crippen LogP) is 2.77. The van der Waals surface area contributed by atoms with Crippen LogP contribution in [0.5, 0.6) is 0 Å². The van der Waals surface area contributed by atoms with Gasteiger partial charge >= 0.3 is 0 Å². The van der Waals surface area contributed by atoms with Gasteiger partial charge in [0.2, 0.25) is 6.08 Å². The summed E-state index contributed by atoms with van der Waals surface area (Å²) in [5.74, 6) is -3.18. The summed E-state index contributed by atoms with van der Waals surface area (Å²) in [5.41, 5.74) is -0.260. The molecular weight excluding hydrogens is 212 g/mol. The normalized spacial score (nSPS) is 10.8. The van der Waals surface area contributed by atoms with E-state index in [0.29, 0.717) is 0 Å². The highest BCUT2D eigenvalue weighted by atomic mass is 35.5. The first-order valence-electron chi connectivity index (χ1n) is 3.74. The molecule has 0 aliphatic rings. The molecule has 0 unspecified atom stereocenters. The van der Waals surface area contributed by atoms with E-state index in [1.54, 1.807) is 0 Å². The first kappa shape index (κ1) is 10.8. The fraction of sp³-hybridized carbons (Fsp3) is 0.222. The molecule has 0 saturated carbocycles. The first-order valence-corrected chi connectivity index (χ1v) is 4.11. The zero-order valence-corrected chi connectivity index (χ0v) is 7.76. The van der Waals surface area contributed by atoms with Crippen molar-refractivity contribution in [3.8, 4) is 0 Å². The summed E-state index contributed by atoms with van der Waals surface area (Å²) in [6, 6.07) is 5.27. The number of hydrogen-bond acceptors (Lipinski definition) is 2. The maximum atomic E-state index is 13.2. The standard InChI is InChI=1S/C9H6ClF2NO/c10-8-3-1-2-7(4-8)9(11,12)5-13-6-14/h1-4H,5H2. The van der Waals surface area contributed by atoms with Crippen LogP contribution >= 0.6 is 11.6 Å². The van der Waals surface area contributed by atoms with Crippen LogP contribution in [-0.2, 0) is 10.7 Å². The summed E-state index contributed by atoms with van der Waals surface area (Å²) in [5, 5.41) is 0.220. The van der Waals surface area contributed by atoms with Gasteiger partial charge in [-0.1, -0.05) is 23.7 Å². The van der Waals surface area contributed by atoms with Gasteiger partial charge in [-0.05, 0) is 12.1 Å². The fourth-order valence-electron chi connectivity index (χ4n) is 0.939. The number of halogens is 3. The number of isocyanates is 1. The molecule has 2 nitrogen and oxygen atoms in total. The molecular formula is C9H6ClF2NO. The minimum Gasteiger partial charge on any atom is -0.211 e. The van der Waals surface area contributed by atoms with Gasteiger partial charge in [-0.15, -0.1) is 0 Å². The van der Waals surface area contributed by atoms with Crippen LogP contribution in [0.2, 0.25) is 5.02 Å². The van der Waals surface area contributed by atoms with Gasteiger partial charge in [-0.25, -0.2) is 4.79 Å². The number of rotatable bonds is 3. The summed E-state index contributed by atoms with van der Waals surface area (Å²) in [6.45, 7) is -0.906. The highest BCUT2D eigenvalue weighted by molar-refractivity contribution is 6.30. The molecule has 1 aromatic rings. The van der Waals surface area contributed by atoms with Crippen molar-refractivity contribution in [2.24, 2.45) is 4.99 Å². The maximum absolute atomic E-state index is 13.2. The van der Waals surface area contributed by atoms with Crippen molar-refractivity contribution in [2.75, 3.05) is 6.54 Å². The van der Waals surface area contributed by atoms with Crippen LogP contribution in [0.1, 0.15) is 5.56 Å². The minimum absolute atomic E-state index is 0.220. The molecule has 1 rings (SSSR count). The Kier molecular flexibility index (Phi) is 3.33. The molecule has 0 aliphatic carbocycles. The summed E-state index contributed by atoms with van der Waals surface area (Å²) in [4.78, 5) is 12.5. The van der Waals surface area contributed by atoms with Gasteiger partial charge in [0.25, 0.3) is 5.92 Å². The Hall–Kier alpha value is -1.25. The molecule has 14 heavy (non-hydrogen) atoms. The number of carbonyl (C=O) groups excluding carboxylic acids is 1. The number of alkyl halides is 2. The number of hydrogen-bond donors (Lipinski definition) is 0. The van der Waals surface area contributed by atoms with Gasteiger partial charge in [0.05, 0.1) is 0 Å². The van der Waals surface area contributed by atoms with Crippen LogP contribution in [0.15, 0.2) is 29.3 Å². The van der Waals surface area contributed by atoms with Crippen LogP contribution in [0, 0.1) is 0 Å². The van der Waals surface area contributed by atoms with Gasteiger partial charge in [0.15, 0.2) is 0 Å². The van der Waals surface area contributed by atoms with E-state index in [9.17, 15) is 13.6 Å². The lowest BCUT2D eigenvalue weighted by Crippen LogP contribution is -2.17. The molecule has 0 aromatic heterocycles. The molecule has 1 aromatic carbocycles. The third-order valence-corrected chi connectivity index (χ3v) is 1.82. The Labute approximate surface area is 84.2 Å². The fourth-order valence-corrected chi connectivity index (χ4v) is 1.13.